The first-order valence-electron chi connectivity index (χ1n) is 11.0. The first kappa shape index (κ1) is 24.3. The third kappa shape index (κ3) is 5.28. The van der Waals surface area contributed by atoms with Crippen LogP contribution >= 0.6 is 11.6 Å². The molecule has 5 nitrogen and oxygen atoms in total. The number of carbonyl (C=O) groups is 1. The molecular weight excluding hydrogens is 465 g/mol. The Hall–Kier alpha value is -2.84. The SMILES string of the molecule is CC(C)(C)n1ccc([C@H]2C[C@@H](C(=O)Nc3cccc(C(F)(F)F)c3)N[C@H]2c2ccc(Cl)cc2)n1. The van der Waals surface area contributed by atoms with Crippen molar-refractivity contribution in [2.75, 3.05) is 5.32 Å². The molecule has 0 radical (unpaired) electrons. The van der Waals surface area contributed by atoms with E-state index in [1.165, 1.54) is 12.1 Å². The monoisotopic (exact) mass is 490 g/mol. The number of alkyl halides is 3. The Morgan fingerprint density at radius 1 is 1.12 bits per heavy atom. The minimum atomic E-state index is -4.48. The molecule has 2 N–H and O–H groups in total. The van der Waals surface area contributed by atoms with Crippen molar-refractivity contribution in [1.29, 1.82) is 0 Å². The van der Waals surface area contributed by atoms with Gasteiger partial charge in [-0.1, -0.05) is 29.8 Å². The quantitative estimate of drug-likeness (QED) is 0.462. The zero-order valence-electron chi connectivity index (χ0n) is 19.0. The van der Waals surface area contributed by atoms with Crippen molar-refractivity contribution in [1.82, 2.24) is 15.1 Å². The highest BCUT2D eigenvalue weighted by Gasteiger charge is 2.40. The first-order valence-corrected chi connectivity index (χ1v) is 11.4. The number of hydrogen-bond acceptors (Lipinski definition) is 3. The molecule has 0 unspecified atom stereocenters. The zero-order valence-corrected chi connectivity index (χ0v) is 19.8. The van der Waals surface area contributed by atoms with E-state index >= 15 is 0 Å². The summed E-state index contributed by atoms with van der Waals surface area (Å²) in [5.74, 6) is -0.502. The van der Waals surface area contributed by atoms with Crippen LogP contribution in [0.5, 0.6) is 0 Å². The lowest BCUT2D eigenvalue weighted by molar-refractivity contribution is -0.137. The predicted molar refractivity (Wildman–Crippen MR) is 126 cm³/mol. The molecule has 1 aliphatic heterocycles. The molecule has 2 heterocycles. The van der Waals surface area contributed by atoms with Gasteiger partial charge in [0.25, 0.3) is 0 Å². The molecule has 4 rings (SSSR count). The average Bonchev–Trinajstić information content (AvgIpc) is 3.41. The van der Waals surface area contributed by atoms with E-state index in [0.29, 0.717) is 11.4 Å². The summed E-state index contributed by atoms with van der Waals surface area (Å²) in [6, 6.07) is 13.2. The van der Waals surface area contributed by atoms with Gasteiger partial charge in [-0.2, -0.15) is 18.3 Å². The smallest absolute Gasteiger partial charge is 0.325 e. The highest BCUT2D eigenvalue weighted by Crippen LogP contribution is 2.40. The summed E-state index contributed by atoms with van der Waals surface area (Å²) in [4.78, 5) is 13.0. The van der Waals surface area contributed by atoms with Crippen LogP contribution in [0.1, 0.15) is 56.0 Å². The van der Waals surface area contributed by atoms with Crippen molar-refractivity contribution in [3.63, 3.8) is 0 Å². The van der Waals surface area contributed by atoms with Gasteiger partial charge in [-0.25, -0.2) is 0 Å². The van der Waals surface area contributed by atoms with E-state index in [0.717, 1.165) is 23.4 Å². The van der Waals surface area contributed by atoms with E-state index in [4.69, 9.17) is 16.7 Å². The molecule has 9 heteroatoms. The van der Waals surface area contributed by atoms with E-state index in [9.17, 15) is 18.0 Å². The van der Waals surface area contributed by atoms with Gasteiger partial charge in [0.1, 0.15) is 0 Å². The Morgan fingerprint density at radius 2 is 1.82 bits per heavy atom. The van der Waals surface area contributed by atoms with Crippen molar-refractivity contribution in [3.8, 4) is 0 Å². The highest BCUT2D eigenvalue weighted by molar-refractivity contribution is 6.30. The molecule has 3 aromatic rings. The number of nitrogens with one attached hydrogen (secondary N) is 2. The fourth-order valence-electron chi connectivity index (χ4n) is 4.18. The third-order valence-corrected chi connectivity index (χ3v) is 6.20. The first-order chi connectivity index (χ1) is 15.9. The molecule has 34 heavy (non-hydrogen) atoms. The van der Waals surface area contributed by atoms with Gasteiger partial charge < -0.3 is 5.32 Å². The van der Waals surface area contributed by atoms with E-state index in [1.807, 2.05) is 29.1 Å². The molecule has 3 atom stereocenters. The lowest BCUT2D eigenvalue weighted by Gasteiger charge is -2.21. The van der Waals surface area contributed by atoms with E-state index in [1.54, 1.807) is 12.1 Å². The van der Waals surface area contributed by atoms with Crippen molar-refractivity contribution in [2.45, 2.75) is 56.9 Å². The summed E-state index contributed by atoms with van der Waals surface area (Å²) in [5.41, 5.74) is 0.894. The van der Waals surface area contributed by atoms with Crippen LogP contribution in [-0.2, 0) is 16.5 Å². The van der Waals surface area contributed by atoms with Gasteiger partial charge in [-0.05, 0) is 69.2 Å². The number of aromatic nitrogens is 2. The fourth-order valence-corrected chi connectivity index (χ4v) is 4.30. The van der Waals surface area contributed by atoms with Crippen molar-refractivity contribution < 1.29 is 18.0 Å². The van der Waals surface area contributed by atoms with Crippen LogP contribution in [0.25, 0.3) is 0 Å². The van der Waals surface area contributed by atoms with Crippen LogP contribution in [0.15, 0.2) is 60.8 Å². The molecule has 0 aliphatic carbocycles. The number of amides is 1. The molecule has 0 saturated carbocycles. The van der Waals surface area contributed by atoms with E-state index in [-0.39, 0.29) is 23.2 Å². The standard InChI is InChI=1S/C25H26ClF3N4O/c1-24(2,3)33-12-11-20(32-33)19-14-21(31-22(19)15-7-9-17(26)10-8-15)23(34)30-18-6-4-5-16(13-18)25(27,28)29/h4-13,19,21-22,31H,14H2,1-3H3,(H,30,34)/t19-,21+,22+/m1/s1. The van der Waals surface area contributed by atoms with Gasteiger partial charge in [0.2, 0.25) is 5.91 Å². The van der Waals surface area contributed by atoms with Gasteiger partial charge in [0.05, 0.1) is 22.8 Å². The second-order valence-corrected chi connectivity index (χ2v) is 9.95. The Kier molecular flexibility index (Phi) is 6.48. The van der Waals surface area contributed by atoms with Crippen LogP contribution in [0.3, 0.4) is 0 Å². The second-order valence-electron chi connectivity index (χ2n) is 9.51. The van der Waals surface area contributed by atoms with Crippen LogP contribution < -0.4 is 10.6 Å². The number of nitrogens with zero attached hydrogens (tertiary/aromatic N) is 2. The molecular formula is C25H26ClF3N4O. The zero-order chi connectivity index (χ0) is 24.7. The van der Waals surface area contributed by atoms with E-state index in [2.05, 4.69) is 31.4 Å². The lowest BCUT2D eigenvalue weighted by Crippen LogP contribution is -2.36. The molecule has 0 bridgehead atoms. The maximum absolute atomic E-state index is 13.1. The molecule has 1 saturated heterocycles. The van der Waals surface area contributed by atoms with Crippen molar-refractivity contribution in [2.24, 2.45) is 0 Å². The molecule has 180 valence electrons. The lowest BCUT2D eigenvalue weighted by atomic mass is 9.90. The van der Waals surface area contributed by atoms with Crippen LogP contribution in [0, 0.1) is 0 Å². The molecule has 1 aromatic heterocycles. The Labute approximate surface area is 201 Å². The average molecular weight is 491 g/mol. The van der Waals surface area contributed by atoms with E-state index < -0.39 is 23.7 Å². The predicted octanol–water partition coefficient (Wildman–Crippen LogP) is 6.14. The minimum Gasteiger partial charge on any atom is -0.325 e. The minimum absolute atomic E-state index is 0.102. The second kappa shape index (κ2) is 9.07. The van der Waals surface area contributed by atoms with Crippen molar-refractivity contribution >= 4 is 23.2 Å². The molecule has 0 spiro atoms. The fraction of sp³-hybridized carbons (Fsp3) is 0.360. The molecule has 1 aliphatic rings. The molecule has 1 amide bonds. The van der Waals surface area contributed by atoms with Gasteiger partial charge in [0, 0.05) is 28.9 Å². The molecule has 2 aromatic carbocycles. The Bertz CT molecular complexity index is 1170. The largest absolute Gasteiger partial charge is 0.416 e. The number of carbonyl (C=O) groups excluding carboxylic acids is 1. The van der Waals surface area contributed by atoms with Gasteiger partial charge in [-0.15, -0.1) is 0 Å². The summed E-state index contributed by atoms with van der Waals surface area (Å²) < 4.78 is 41.1. The maximum Gasteiger partial charge on any atom is 0.416 e. The number of benzene rings is 2. The summed E-state index contributed by atoms with van der Waals surface area (Å²) in [5, 5.41) is 11.4. The van der Waals surface area contributed by atoms with Crippen LogP contribution in [-0.4, -0.2) is 21.7 Å². The normalized spacial score (nSPS) is 21.0. The van der Waals surface area contributed by atoms with Gasteiger partial charge in [-0.3, -0.25) is 14.8 Å². The third-order valence-electron chi connectivity index (χ3n) is 5.95. The Balaban J connectivity index is 1.59. The summed E-state index contributed by atoms with van der Waals surface area (Å²) in [6.07, 6.45) is -2.12. The topological polar surface area (TPSA) is 59.0 Å². The van der Waals surface area contributed by atoms with Crippen LogP contribution in [0.4, 0.5) is 18.9 Å². The number of rotatable bonds is 4. The number of halogens is 4. The molecule has 1 fully saturated rings. The number of anilines is 1. The van der Waals surface area contributed by atoms with Crippen LogP contribution in [0.2, 0.25) is 5.02 Å². The van der Waals surface area contributed by atoms with Crippen molar-refractivity contribution in [3.05, 3.63) is 82.6 Å². The summed E-state index contributed by atoms with van der Waals surface area (Å²) in [7, 11) is 0. The summed E-state index contributed by atoms with van der Waals surface area (Å²) in [6.45, 7) is 6.16. The maximum atomic E-state index is 13.1. The van der Waals surface area contributed by atoms with Gasteiger partial charge in [0.15, 0.2) is 0 Å². The van der Waals surface area contributed by atoms with Gasteiger partial charge >= 0.3 is 6.18 Å². The Morgan fingerprint density at radius 3 is 2.44 bits per heavy atom. The number of hydrogen-bond donors (Lipinski definition) is 2. The summed E-state index contributed by atoms with van der Waals surface area (Å²) >= 11 is 6.06. The highest BCUT2D eigenvalue weighted by atomic mass is 35.5.